The van der Waals surface area contributed by atoms with E-state index in [1.165, 1.54) is 0 Å². The highest BCUT2D eigenvalue weighted by atomic mass is 16.2. The molecular formula is C16H22N4O2. The third-order valence-corrected chi connectivity index (χ3v) is 3.82. The first-order valence-corrected chi connectivity index (χ1v) is 7.34. The second kappa shape index (κ2) is 6.70. The Labute approximate surface area is 129 Å². The number of benzene rings is 1. The van der Waals surface area contributed by atoms with Crippen LogP contribution >= 0.6 is 0 Å². The van der Waals surface area contributed by atoms with Crippen molar-refractivity contribution in [3.8, 4) is 0 Å². The first-order chi connectivity index (χ1) is 10.4. The van der Waals surface area contributed by atoms with Crippen LogP contribution in [0, 0.1) is 5.92 Å². The second-order valence-corrected chi connectivity index (χ2v) is 5.93. The van der Waals surface area contributed by atoms with Crippen molar-refractivity contribution in [1.29, 1.82) is 0 Å². The molecule has 0 aliphatic rings. The fraction of sp³-hybridized carbons (Fsp3) is 0.438. The molecule has 2 N–H and O–H groups in total. The Balaban J connectivity index is 2.24. The number of rotatable bonds is 5. The fourth-order valence-electron chi connectivity index (χ4n) is 2.58. The summed E-state index contributed by atoms with van der Waals surface area (Å²) in [5.41, 5.74) is -0.0445. The van der Waals surface area contributed by atoms with E-state index in [1.54, 1.807) is 24.3 Å². The molecule has 22 heavy (non-hydrogen) atoms. The van der Waals surface area contributed by atoms with Crippen molar-refractivity contribution in [2.45, 2.75) is 19.9 Å². The van der Waals surface area contributed by atoms with Gasteiger partial charge in [0.05, 0.1) is 5.39 Å². The lowest BCUT2D eigenvalue weighted by Gasteiger charge is -2.28. The molecule has 0 bridgehead atoms. The lowest BCUT2D eigenvalue weighted by atomic mass is 10.0. The van der Waals surface area contributed by atoms with Gasteiger partial charge in [0.2, 0.25) is 0 Å². The Hall–Kier alpha value is -2.21. The lowest BCUT2D eigenvalue weighted by molar-refractivity contribution is 0.0930. The molecule has 6 nitrogen and oxygen atoms in total. The predicted molar refractivity (Wildman–Crippen MR) is 87.0 cm³/mol. The van der Waals surface area contributed by atoms with Crippen molar-refractivity contribution < 1.29 is 4.79 Å². The average Bonchev–Trinajstić information content (AvgIpc) is 2.47. The Morgan fingerprint density at radius 2 is 1.91 bits per heavy atom. The number of aromatic amines is 1. The minimum atomic E-state index is -0.291. The Morgan fingerprint density at radius 1 is 1.27 bits per heavy atom. The van der Waals surface area contributed by atoms with Crippen molar-refractivity contribution in [1.82, 2.24) is 20.4 Å². The minimum Gasteiger partial charge on any atom is -0.349 e. The SMILES string of the molecule is CC(C)C(CNC(=O)c1n[nH]c(=O)c2ccccc12)N(C)C. The van der Waals surface area contributed by atoms with Crippen molar-refractivity contribution in [2.24, 2.45) is 5.92 Å². The van der Waals surface area contributed by atoms with Crippen molar-refractivity contribution in [2.75, 3.05) is 20.6 Å². The second-order valence-electron chi connectivity index (χ2n) is 5.93. The van der Waals surface area contributed by atoms with Gasteiger partial charge in [0, 0.05) is 18.0 Å². The quantitative estimate of drug-likeness (QED) is 0.871. The summed E-state index contributed by atoms with van der Waals surface area (Å²) < 4.78 is 0. The first kappa shape index (κ1) is 16.2. The van der Waals surface area contributed by atoms with Gasteiger partial charge in [-0.1, -0.05) is 32.0 Å². The van der Waals surface area contributed by atoms with Crippen LogP contribution in [-0.4, -0.2) is 47.7 Å². The van der Waals surface area contributed by atoms with Crippen LogP contribution < -0.4 is 10.9 Å². The maximum Gasteiger partial charge on any atom is 0.272 e. The summed E-state index contributed by atoms with van der Waals surface area (Å²) in [5, 5.41) is 10.2. The zero-order valence-corrected chi connectivity index (χ0v) is 13.4. The summed E-state index contributed by atoms with van der Waals surface area (Å²) in [7, 11) is 3.98. The van der Waals surface area contributed by atoms with Crippen molar-refractivity contribution in [3.05, 3.63) is 40.3 Å². The van der Waals surface area contributed by atoms with Gasteiger partial charge in [-0.05, 0) is 26.1 Å². The minimum absolute atomic E-state index is 0.234. The van der Waals surface area contributed by atoms with Gasteiger partial charge in [-0.15, -0.1) is 0 Å². The molecule has 1 aromatic heterocycles. The maximum atomic E-state index is 12.4. The van der Waals surface area contributed by atoms with Crippen LogP contribution in [0.2, 0.25) is 0 Å². The third kappa shape index (κ3) is 3.33. The molecule has 0 aliphatic carbocycles. The van der Waals surface area contributed by atoms with Gasteiger partial charge in [0.25, 0.3) is 11.5 Å². The smallest absolute Gasteiger partial charge is 0.272 e. The number of H-pyrrole nitrogens is 1. The number of nitrogens with one attached hydrogen (secondary N) is 2. The molecule has 2 rings (SSSR count). The van der Waals surface area contributed by atoms with E-state index in [-0.39, 0.29) is 23.2 Å². The van der Waals surface area contributed by atoms with Gasteiger partial charge in [-0.3, -0.25) is 9.59 Å². The van der Waals surface area contributed by atoms with E-state index in [2.05, 4.69) is 34.3 Å². The molecule has 6 heteroatoms. The van der Waals surface area contributed by atoms with Crippen LogP contribution in [0.4, 0.5) is 0 Å². The van der Waals surface area contributed by atoms with E-state index >= 15 is 0 Å². The molecule has 0 aliphatic heterocycles. The number of nitrogens with zero attached hydrogens (tertiary/aromatic N) is 2. The molecule has 2 aromatic rings. The van der Waals surface area contributed by atoms with Crippen LogP contribution in [0.1, 0.15) is 24.3 Å². The lowest BCUT2D eigenvalue weighted by Crippen LogP contribution is -2.43. The van der Waals surface area contributed by atoms with E-state index < -0.39 is 0 Å². The highest BCUT2D eigenvalue weighted by Gasteiger charge is 2.19. The zero-order chi connectivity index (χ0) is 16.3. The predicted octanol–water partition coefficient (Wildman–Crippen LogP) is 1.24. The maximum absolute atomic E-state index is 12.4. The molecule has 0 spiro atoms. The molecule has 0 saturated carbocycles. The average molecular weight is 302 g/mol. The van der Waals surface area contributed by atoms with Crippen LogP contribution in [-0.2, 0) is 0 Å². The number of aromatic nitrogens is 2. The molecule has 0 radical (unpaired) electrons. The Morgan fingerprint density at radius 3 is 2.50 bits per heavy atom. The number of amides is 1. The van der Waals surface area contributed by atoms with Crippen LogP contribution in [0.15, 0.2) is 29.1 Å². The van der Waals surface area contributed by atoms with E-state index in [0.717, 1.165) is 0 Å². The topological polar surface area (TPSA) is 78.1 Å². The first-order valence-electron chi connectivity index (χ1n) is 7.34. The number of hydrogen-bond donors (Lipinski definition) is 2. The number of hydrogen-bond acceptors (Lipinski definition) is 4. The molecule has 0 fully saturated rings. The summed E-state index contributed by atoms with van der Waals surface area (Å²) in [4.78, 5) is 26.2. The van der Waals surface area contributed by atoms with E-state index in [4.69, 9.17) is 0 Å². The molecule has 1 aromatic carbocycles. The monoisotopic (exact) mass is 302 g/mol. The molecule has 1 amide bonds. The highest BCUT2D eigenvalue weighted by molar-refractivity contribution is 6.04. The van der Waals surface area contributed by atoms with Crippen molar-refractivity contribution >= 4 is 16.7 Å². The normalized spacial score (nSPS) is 12.8. The van der Waals surface area contributed by atoms with Gasteiger partial charge in [0.1, 0.15) is 0 Å². The molecule has 0 saturated heterocycles. The zero-order valence-electron chi connectivity index (χ0n) is 13.4. The highest BCUT2D eigenvalue weighted by Crippen LogP contribution is 2.12. The van der Waals surface area contributed by atoms with E-state index in [9.17, 15) is 9.59 Å². The Bertz CT molecular complexity index is 713. The van der Waals surface area contributed by atoms with E-state index in [0.29, 0.717) is 23.2 Å². The van der Waals surface area contributed by atoms with Gasteiger partial charge < -0.3 is 10.2 Å². The largest absolute Gasteiger partial charge is 0.349 e. The summed E-state index contributed by atoms with van der Waals surface area (Å²) in [5.74, 6) is 0.135. The van der Waals surface area contributed by atoms with E-state index in [1.807, 2.05) is 14.1 Å². The molecule has 118 valence electrons. The van der Waals surface area contributed by atoms with Crippen LogP contribution in [0.3, 0.4) is 0 Å². The number of carbonyl (C=O) groups is 1. The Kier molecular flexibility index (Phi) is 4.92. The number of fused-ring (bicyclic) bond motifs is 1. The van der Waals surface area contributed by atoms with Gasteiger partial charge in [0.15, 0.2) is 5.69 Å². The van der Waals surface area contributed by atoms with Gasteiger partial charge >= 0.3 is 0 Å². The molecule has 1 unspecified atom stereocenters. The summed E-state index contributed by atoms with van der Waals surface area (Å²) in [6.45, 7) is 4.76. The summed E-state index contributed by atoms with van der Waals surface area (Å²) in [6.07, 6.45) is 0. The summed E-state index contributed by atoms with van der Waals surface area (Å²) >= 11 is 0. The molecule has 1 heterocycles. The third-order valence-electron chi connectivity index (χ3n) is 3.82. The molecular weight excluding hydrogens is 280 g/mol. The number of likely N-dealkylation sites (N-methyl/N-ethyl adjacent to an activating group) is 1. The van der Waals surface area contributed by atoms with Gasteiger partial charge in [-0.2, -0.15) is 5.10 Å². The standard InChI is InChI=1S/C16H22N4O2/c1-10(2)13(20(3)4)9-17-16(22)14-11-7-5-6-8-12(11)15(21)19-18-14/h5-8,10,13H,9H2,1-4H3,(H,17,22)(H,19,21). The number of carbonyl (C=O) groups excluding carboxylic acids is 1. The van der Waals surface area contributed by atoms with Crippen LogP contribution in [0.5, 0.6) is 0 Å². The fourth-order valence-corrected chi connectivity index (χ4v) is 2.58. The van der Waals surface area contributed by atoms with Crippen LogP contribution in [0.25, 0.3) is 10.8 Å². The van der Waals surface area contributed by atoms with Crippen molar-refractivity contribution in [3.63, 3.8) is 0 Å². The van der Waals surface area contributed by atoms with Gasteiger partial charge in [-0.25, -0.2) is 5.10 Å². The molecule has 1 atom stereocenters. The summed E-state index contributed by atoms with van der Waals surface area (Å²) in [6, 6.07) is 7.21.